The van der Waals surface area contributed by atoms with E-state index in [1.54, 1.807) is 0 Å². The van der Waals surface area contributed by atoms with Gasteiger partial charge >= 0.3 is 6.09 Å². The number of carbonyl (C=O) groups is 1. The molecule has 0 radical (unpaired) electrons. The maximum Gasteiger partial charge on any atom is 0.404 e. The lowest BCUT2D eigenvalue weighted by Gasteiger charge is -2.29. The van der Waals surface area contributed by atoms with Crippen molar-refractivity contribution in [1.29, 1.82) is 0 Å². The van der Waals surface area contributed by atoms with Gasteiger partial charge in [0.2, 0.25) is 5.88 Å². The van der Waals surface area contributed by atoms with Crippen LogP contribution in [0.2, 0.25) is 0 Å². The zero-order valence-corrected chi connectivity index (χ0v) is 13.0. The predicted octanol–water partition coefficient (Wildman–Crippen LogP) is 1.27. The van der Waals surface area contributed by atoms with Crippen molar-refractivity contribution in [2.75, 3.05) is 31.2 Å². The summed E-state index contributed by atoms with van der Waals surface area (Å²) in [5.41, 5.74) is 0. The van der Waals surface area contributed by atoms with Crippen LogP contribution in [0.1, 0.15) is 25.7 Å². The second-order valence-electron chi connectivity index (χ2n) is 5.85. The lowest BCUT2D eigenvalue weighted by Crippen LogP contribution is -2.39. The smallest absolute Gasteiger partial charge is 0.404 e. The molecule has 2 fully saturated rings. The highest BCUT2D eigenvalue weighted by Gasteiger charge is 2.24. The summed E-state index contributed by atoms with van der Waals surface area (Å²) in [6.45, 7) is 3.06. The fourth-order valence-electron chi connectivity index (χ4n) is 3.03. The number of hydrogen-bond acceptors (Lipinski definition) is 6. The van der Waals surface area contributed by atoms with Crippen LogP contribution < -0.4 is 15.0 Å². The first-order chi connectivity index (χ1) is 11.2. The minimum atomic E-state index is -0.958. The van der Waals surface area contributed by atoms with Crippen LogP contribution in [0.4, 0.5) is 10.6 Å². The Labute approximate surface area is 134 Å². The fraction of sp³-hybridized carbons (Fsp3) is 0.667. The third kappa shape index (κ3) is 4.44. The number of morpholine rings is 1. The largest absolute Gasteiger partial charge is 0.474 e. The normalized spacial score (nSPS) is 25.0. The molecule has 2 aliphatic rings. The van der Waals surface area contributed by atoms with E-state index in [1.165, 1.54) is 6.33 Å². The van der Waals surface area contributed by atoms with E-state index in [-0.39, 0.29) is 12.1 Å². The maximum absolute atomic E-state index is 10.7. The van der Waals surface area contributed by atoms with Crippen LogP contribution >= 0.6 is 0 Å². The molecular weight excluding hydrogens is 300 g/mol. The first-order valence-corrected chi connectivity index (χ1v) is 8.01. The van der Waals surface area contributed by atoms with Gasteiger partial charge in [0.1, 0.15) is 18.2 Å². The van der Waals surface area contributed by atoms with Crippen LogP contribution in [0.25, 0.3) is 0 Å². The van der Waals surface area contributed by atoms with Crippen molar-refractivity contribution < 1.29 is 19.4 Å². The zero-order chi connectivity index (χ0) is 16.1. The van der Waals surface area contributed by atoms with E-state index in [9.17, 15) is 4.79 Å². The van der Waals surface area contributed by atoms with Crippen molar-refractivity contribution in [3.8, 4) is 5.88 Å². The highest BCUT2D eigenvalue weighted by atomic mass is 16.5. The van der Waals surface area contributed by atoms with Crippen molar-refractivity contribution in [2.45, 2.75) is 37.8 Å². The molecule has 1 aliphatic heterocycles. The predicted molar refractivity (Wildman–Crippen MR) is 82.9 cm³/mol. The average Bonchev–Trinajstić information content (AvgIpc) is 2.57. The first-order valence-electron chi connectivity index (χ1n) is 8.01. The van der Waals surface area contributed by atoms with Crippen LogP contribution in [0.15, 0.2) is 12.4 Å². The fourth-order valence-corrected chi connectivity index (χ4v) is 3.03. The second-order valence-corrected chi connectivity index (χ2v) is 5.85. The Balaban J connectivity index is 1.53. The highest BCUT2D eigenvalue weighted by Crippen LogP contribution is 2.24. The van der Waals surface area contributed by atoms with Crippen molar-refractivity contribution in [3.05, 3.63) is 12.4 Å². The molecule has 2 heterocycles. The highest BCUT2D eigenvalue weighted by molar-refractivity contribution is 5.64. The summed E-state index contributed by atoms with van der Waals surface area (Å²) in [5.74, 6) is 1.44. The Morgan fingerprint density at radius 1 is 1.26 bits per heavy atom. The van der Waals surface area contributed by atoms with E-state index >= 15 is 0 Å². The number of nitrogens with one attached hydrogen (secondary N) is 1. The molecule has 1 amide bonds. The van der Waals surface area contributed by atoms with E-state index in [2.05, 4.69) is 20.2 Å². The Morgan fingerprint density at radius 3 is 2.70 bits per heavy atom. The molecular formula is C15H22N4O4. The van der Waals surface area contributed by atoms with Gasteiger partial charge in [-0.1, -0.05) is 0 Å². The van der Waals surface area contributed by atoms with Gasteiger partial charge in [0.15, 0.2) is 0 Å². The van der Waals surface area contributed by atoms with Gasteiger partial charge in [0.25, 0.3) is 0 Å². The van der Waals surface area contributed by atoms with Gasteiger partial charge in [-0.3, -0.25) is 0 Å². The van der Waals surface area contributed by atoms with E-state index in [4.69, 9.17) is 14.6 Å². The number of amides is 1. The molecule has 0 unspecified atom stereocenters. The van der Waals surface area contributed by atoms with Crippen LogP contribution in [0, 0.1) is 0 Å². The molecule has 8 nitrogen and oxygen atoms in total. The van der Waals surface area contributed by atoms with Crippen LogP contribution in [0.5, 0.6) is 5.88 Å². The first kappa shape index (κ1) is 15.8. The monoisotopic (exact) mass is 322 g/mol. The van der Waals surface area contributed by atoms with Gasteiger partial charge in [0, 0.05) is 25.2 Å². The summed E-state index contributed by atoms with van der Waals surface area (Å²) in [5, 5.41) is 11.3. The summed E-state index contributed by atoms with van der Waals surface area (Å²) in [6.07, 6.45) is 3.87. The van der Waals surface area contributed by atoms with Crippen molar-refractivity contribution in [2.24, 2.45) is 0 Å². The molecule has 1 saturated carbocycles. The van der Waals surface area contributed by atoms with E-state index < -0.39 is 6.09 Å². The summed E-state index contributed by atoms with van der Waals surface area (Å²) >= 11 is 0. The summed E-state index contributed by atoms with van der Waals surface area (Å²) in [7, 11) is 0. The molecule has 1 aromatic heterocycles. The molecule has 0 spiro atoms. The third-order valence-corrected chi connectivity index (χ3v) is 4.25. The van der Waals surface area contributed by atoms with Crippen molar-refractivity contribution in [1.82, 2.24) is 15.3 Å². The Bertz CT molecular complexity index is 528. The van der Waals surface area contributed by atoms with Gasteiger partial charge in [0.05, 0.1) is 13.2 Å². The van der Waals surface area contributed by atoms with Gasteiger partial charge in [-0.15, -0.1) is 0 Å². The quantitative estimate of drug-likeness (QED) is 0.861. The minimum absolute atomic E-state index is 0.0293. The van der Waals surface area contributed by atoms with Crippen LogP contribution in [-0.4, -0.2) is 59.6 Å². The molecule has 2 N–H and O–H groups in total. The molecule has 0 atom stereocenters. The number of rotatable bonds is 4. The minimum Gasteiger partial charge on any atom is -0.474 e. The Kier molecular flexibility index (Phi) is 5.12. The second kappa shape index (κ2) is 7.45. The molecule has 1 aliphatic carbocycles. The number of hydrogen-bond donors (Lipinski definition) is 2. The van der Waals surface area contributed by atoms with Gasteiger partial charge in [-0.2, -0.15) is 0 Å². The van der Waals surface area contributed by atoms with E-state index in [0.29, 0.717) is 19.1 Å². The summed E-state index contributed by atoms with van der Waals surface area (Å²) in [6, 6.07) is 1.90. The molecule has 1 aromatic rings. The van der Waals surface area contributed by atoms with Gasteiger partial charge in [-0.05, 0) is 25.7 Å². The number of ether oxygens (including phenoxy) is 2. The van der Waals surface area contributed by atoms with Gasteiger partial charge < -0.3 is 24.8 Å². The number of aromatic nitrogens is 2. The molecule has 23 heavy (non-hydrogen) atoms. The van der Waals surface area contributed by atoms with Gasteiger partial charge in [-0.25, -0.2) is 14.8 Å². The lowest BCUT2D eigenvalue weighted by atomic mass is 9.93. The Hall–Kier alpha value is -2.09. The lowest BCUT2D eigenvalue weighted by molar-refractivity contribution is 0.121. The standard InChI is InChI=1S/C15H22N4O4/c20-15(21)18-11-1-3-12(4-2-11)23-14-9-13(16-10-17-14)19-5-7-22-8-6-19/h9-12,18H,1-8H2,(H,20,21). The van der Waals surface area contributed by atoms with Crippen LogP contribution in [0.3, 0.4) is 0 Å². The van der Waals surface area contributed by atoms with Crippen LogP contribution in [-0.2, 0) is 4.74 Å². The molecule has 1 saturated heterocycles. The van der Waals surface area contributed by atoms with Crippen molar-refractivity contribution in [3.63, 3.8) is 0 Å². The summed E-state index contributed by atoms with van der Waals surface area (Å²) < 4.78 is 11.3. The van der Waals surface area contributed by atoms with E-state index in [1.807, 2.05) is 6.07 Å². The number of anilines is 1. The summed E-state index contributed by atoms with van der Waals surface area (Å²) in [4.78, 5) is 21.3. The van der Waals surface area contributed by atoms with E-state index in [0.717, 1.165) is 44.6 Å². The number of nitrogens with zero attached hydrogens (tertiary/aromatic N) is 3. The molecule has 8 heteroatoms. The SMILES string of the molecule is O=C(O)NC1CCC(Oc2cc(N3CCOCC3)ncn2)CC1. The topological polar surface area (TPSA) is 96.8 Å². The van der Waals surface area contributed by atoms with Crippen molar-refractivity contribution >= 4 is 11.9 Å². The molecule has 3 rings (SSSR count). The average molecular weight is 322 g/mol. The number of carboxylic acid groups (broad SMARTS) is 1. The third-order valence-electron chi connectivity index (χ3n) is 4.25. The molecule has 0 bridgehead atoms. The Morgan fingerprint density at radius 2 is 2.00 bits per heavy atom. The maximum atomic E-state index is 10.7. The molecule has 126 valence electrons. The molecule has 0 aromatic carbocycles. The zero-order valence-electron chi connectivity index (χ0n) is 13.0.